The normalized spacial score (nSPS) is 15.0. The Morgan fingerprint density at radius 1 is 0.809 bits per heavy atom. The summed E-state index contributed by atoms with van der Waals surface area (Å²) in [5.41, 5.74) is 6.81. The van der Waals surface area contributed by atoms with Gasteiger partial charge in [-0.2, -0.15) is 0 Å². The van der Waals surface area contributed by atoms with E-state index in [1.807, 2.05) is 44.2 Å². The molecule has 0 spiro atoms. The molecule has 2 rings (SSSR count). The van der Waals surface area contributed by atoms with Gasteiger partial charge in [0.05, 0.1) is 6.04 Å². The second-order valence-electron chi connectivity index (χ2n) is 12.1. The number of primary amides is 1. The number of carbonyl (C=O) groups is 5. The van der Waals surface area contributed by atoms with Gasteiger partial charge in [-0.15, -0.1) is 0 Å². The molecule has 0 aromatic heterocycles. The summed E-state index contributed by atoms with van der Waals surface area (Å²) in [7, 11) is 0. The average molecular weight is 676 g/mol. The SMILES string of the molecule is CC(C)CC(NC(=O)C(C)NC(=O)C(O)C(O)C(Cc1ccc(Cl)cc1)NC(=O)C(OC(=O)NCc1ccccc1)C(C)C)C(N)=O. The van der Waals surface area contributed by atoms with Crippen LogP contribution in [-0.2, 0) is 36.9 Å². The van der Waals surface area contributed by atoms with Crippen LogP contribution in [0.5, 0.6) is 0 Å². The first-order chi connectivity index (χ1) is 22.1. The second-order valence-corrected chi connectivity index (χ2v) is 12.5. The van der Waals surface area contributed by atoms with Gasteiger partial charge in [-0.3, -0.25) is 19.2 Å². The van der Waals surface area contributed by atoms with Crippen LogP contribution in [0, 0.1) is 11.8 Å². The number of ether oxygens (including phenoxy) is 1. The lowest BCUT2D eigenvalue weighted by atomic mass is 9.96. The fraction of sp³-hybridized carbons (Fsp3) is 0.485. The fourth-order valence-corrected chi connectivity index (χ4v) is 4.70. The maximum atomic E-state index is 13.4. The van der Waals surface area contributed by atoms with Crippen molar-refractivity contribution in [2.75, 3.05) is 0 Å². The number of nitrogens with two attached hydrogens (primary N) is 1. The monoisotopic (exact) mass is 675 g/mol. The predicted octanol–water partition coefficient (Wildman–Crippen LogP) is 1.56. The van der Waals surface area contributed by atoms with Crippen LogP contribution in [0.2, 0.25) is 5.02 Å². The van der Waals surface area contributed by atoms with Crippen LogP contribution in [0.15, 0.2) is 54.6 Å². The molecule has 0 aliphatic heterocycles. The maximum Gasteiger partial charge on any atom is 0.408 e. The summed E-state index contributed by atoms with van der Waals surface area (Å²) in [5, 5.41) is 32.4. The van der Waals surface area contributed by atoms with E-state index in [2.05, 4.69) is 21.3 Å². The molecule has 5 amide bonds. The molecule has 8 N–H and O–H groups in total. The Morgan fingerprint density at radius 3 is 1.98 bits per heavy atom. The fourth-order valence-electron chi connectivity index (χ4n) is 4.57. The molecule has 0 aliphatic rings. The van der Waals surface area contributed by atoms with Crippen molar-refractivity contribution in [3.63, 3.8) is 0 Å². The van der Waals surface area contributed by atoms with E-state index >= 15 is 0 Å². The number of aliphatic hydroxyl groups is 2. The zero-order chi connectivity index (χ0) is 35.3. The highest BCUT2D eigenvalue weighted by Crippen LogP contribution is 2.16. The molecule has 13 nitrogen and oxygen atoms in total. The summed E-state index contributed by atoms with van der Waals surface area (Å²) in [4.78, 5) is 63.4. The quantitative estimate of drug-likeness (QED) is 0.131. The van der Waals surface area contributed by atoms with E-state index in [0.717, 1.165) is 5.56 Å². The van der Waals surface area contributed by atoms with E-state index in [9.17, 15) is 34.2 Å². The van der Waals surface area contributed by atoms with Crippen LogP contribution in [0.4, 0.5) is 4.79 Å². The van der Waals surface area contributed by atoms with E-state index < -0.39 is 72.1 Å². The highest BCUT2D eigenvalue weighted by molar-refractivity contribution is 6.30. The molecule has 0 bridgehead atoms. The van der Waals surface area contributed by atoms with Crippen molar-refractivity contribution in [3.05, 3.63) is 70.7 Å². The summed E-state index contributed by atoms with van der Waals surface area (Å²) in [6.07, 6.45) is -5.86. The van der Waals surface area contributed by atoms with Gasteiger partial charge in [0.15, 0.2) is 12.2 Å². The Balaban J connectivity index is 2.16. The maximum absolute atomic E-state index is 13.4. The van der Waals surface area contributed by atoms with Crippen molar-refractivity contribution in [3.8, 4) is 0 Å². The highest BCUT2D eigenvalue weighted by Gasteiger charge is 2.36. The zero-order valence-corrected chi connectivity index (χ0v) is 28.0. The third-order valence-corrected chi connectivity index (χ3v) is 7.45. The third-order valence-electron chi connectivity index (χ3n) is 7.20. The van der Waals surface area contributed by atoms with Gasteiger partial charge >= 0.3 is 6.09 Å². The summed E-state index contributed by atoms with van der Waals surface area (Å²) in [6, 6.07) is 12.2. The van der Waals surface area contributed by atoms with Gasteiger partial charge in [-0.1, -0.05) is 81.8 Å². The van der Waals surface area contributed by atoms with Crippen molar-refractivity contribution in [1.29, 1.82) is 0 Å². The van der Waals surface area contributed by atoms with E-state index in [1.54, 1.807) is 38.1 Å². The number of nitrogens with one attached hydrogen (secondary N) is 4. The number of benzene rings is 2. The van der Waals surface area contributed by atoms with Gasteiger partial charge in [0, 0.05) is 11.6 Å². The Bertz CT molecular complexity index is 1340. The third kappa shape index (κ3) is 13.2. The first kappa shape index (κ1) is 39.0. The number of alkyl carbamates (subject to hydrolysis) is 1. The smallest absolute Gasteiger partial charge is 0.408 e. The summed E-state index contributed by atoms with van der Waals surface area (Å²) in [5.74, 6) is -3.77. The highest BCUT2D eigenvalue weighted by atomic mass is 35.5. The molecular weight excluding hydrogens is 630 g/mol. The number of aliphatic hydroxyl groups excluding tert-OH is 2. The molecule has 0 radical (unpaired) electrons. The van der Waals surface area contributed by atoms with E-state index in [1.165, 1.54) is 6.92 Å². The zero-order valence-electron chi connectivity index (χ0n) is 27.2. The summed E-state index contributed by atoms with van der Waals surface area (Å²) in [6.45, 7) is 8.53. The van der Waals surface area contributed by atoms with E-state index in [-0.39, 0.29) is 25.3 Å². The molecule has 2 aromatic rings. The lowest BCUT2D eigenvalue weighted by molar-refractivity contribution is -0.142. The first-order valence-electron chi connectivity index (χ1n) is 15.4. The molecular formula is C33H46ClN5O8. The number of hydrogen-bond donors (Lipinski definition) is 7. The predicted molar refractivity (Wildman–Crippen MR) is 176 cm³/mol. The molecule has 0 aliphatic carbocycles. The average Bonchev–Trinajstić information content (AvgIpc) is 3.02. The van der Waals surface area contributed by atoms with Crippen molar-refractivity contribution >= 4 is 41.3 Å². The lowest BCUT2D eigenvalue weighted by Crippen LogP contribution is -2.58. The molecule has 258 valence electrons. The van der Waals surface area contributed by atoms with Crippen molar-refractivity contribution < 1.29 is 38.9 Å². The Morgan fingerprint density at radius 2 is 1.43 bits per heavy atom. The van der Waals surface area contributed by atoms with Crippen molar-refractivity contribution in [1.82, 2.24) is 21.3 Å². The molecule has 6 unspecified atom stereocenters. The Hall–Kier alpha value is -4.20. The molecule has 0 heterocycles. The minimum absolute atomic E-state index is 0.0480. The summed E-state index contributed by atoms with van der Waals surface area (Å²) < 4.78 is 5.42. The summed E-state index contributed by atoms with van der Waals surface area (Å²) >= 11 is 6.00. The topological polar surface area (TPSA) is 209 Å². The minimum atomic E-state index is -2.10. The molecule has 6 atom stereocenters. The number of amides is 5. The molecule has 2 aromatic carbocycles. The lowest BCUT2D eigenvalue weighted by Gasteiger charge is -2.30. The molecule has 0 saturated carbocycles. The van der Waals surface area contributed by atoms with Crippen LogP contribution in [-0.4, -0.2) is 76.4 Å². The van der Waals surface area contributed by atoms with Gasteiger partial charge in [0.2, 0.25) is 11.8 Å². The molecule has 47 heavy (non-hydrogen) atoms. The van der Waals surface area contributed by atoms with Crippen LogP contribution >= 0.6 is 11.6 Å². The van der Waals surface area contributed by atoms with Gasteiger partial charge in [-0.05, 0) is 54.9 Å². The van der Waals surface area contributed by atoms with Crippen molar-refractivity contribution in [2.24, 2.45) is 17.6 Å². The first-order valence-corrected chi connectivity index (χ1v) is 15.8. The number of hydrogen-bond acceptors (Lipinski definition) is 8. The number of rotatable bonds is 17. The number of carbonyl (C=O) groups excluding carboxylic acids is 5. The van der Waals surface area contributed by atoms with Crippen LogP contribution < -0.4 is 27.0 Å². The van der Waals surface area contributed by atoms with Crippen LogP contribution in [0.1, 0.15) is 52.2 Å². The minimum Gasteiger partial charge on any atom is -0.436 e. The Kier molecular flexibility index (Phi) is 15.6. The van der Waals surface area contributed by atoms with E-state index in [4.69, 9.17) is 22.1 Å². The second kappa shape index (κ2) is 18.8. The van der Waals surface area contributed by atoms with Crippen LogP contribution in [0.25, 0.3) is 0 Å². The van der Waals surface area contributed by atoms with Crippen molar-refractivity contribution in [2.45, 2.75) is 90.4 Å². The van der Waals surface area contributed by atoms with Gasteiger partial charge in [-0.25, -0.2) is 4.79 Å². The largest absolute Gasteiger partial charge is 0.436 e. The molecule has 0 saturated heterocycles. The van der Waals surface area contributed by atoms with Gasteiger partial charge < -0.3 is 42.0 Å². The number of halogens is 1. The van der Waals surface area contributed by atoms with Crippen LogP contribution in [0.3, 0.4) is 0 Å². The Labute approximate surface area is 280 Å². The van der Waals surface area contributed by atoms with Gasteiger partial charge in [0.1, 0.15) is 18.2 Å². The molecule has 14 heteroatoms. The molecule has 0 fully saturated rings. The standard InChI is InChI=1S/C33H46ClN5O8/c1-18(2)15-25(29(35)42)39-30(43)20(5)37-31(44)27(41)26(40)24(16-21-11-13-23(34)14-12-21)38-32(45)28(19(3)4)47-33(46)36-17-22-9-7-6-8-10-22/h6-14,18-20,24-28,40-41H,15-17H2,1-5H3,(H2,35,42)(H,36,46)(H,37,44)(H,38,45)(H,39,43). The van der Waals surface area contributed by atoms with Gasteiger partial charge in [0.25, 0.3) is 11.8 Å². The van der Waals surface area contributed by atoms with E-state index in [0.29, 0.717) is 10.6 Å².